The molecule has 0 aromatic heterocycles. The van der Waals surface area contributed by atoms with Crippen LogP contribution in [-0.4, -0.2) is 57.6 Å². The standard InChI is InChI=1S/C23H29Cl2N3O5S/c1-5-12-26-23(30)16(2)27(14-17-6-8-18(24)9-7-17)22(29)15-28(34(4,31)32)20-13-19(25)10-11-21(20)33-3/h6-11,13,16H,5,12,14-15H2,1-4H3,(H,26,30)/t16-/m0/s1. The highest BCUT2D eigenvalue weighted by atomic mass is 35.5. The van der Waals surface area contributed by atoms with Crippen molar-refractivity contribution in [1.82, 2.24) is 10.2 Å². The second-order valence-corrected chi connectivity index (χ2v) is 10.5. The van der Waals surface area contributed by atoms with Crippen LogP contribution in [0.5, 0.6) is 5.75 Å². The number of hydrogen-bond donors (Lipinski definition) is 1. The lowest BCUT2D eigenvalue weighted by Crippen LogP contribution is -2.51. The molecule has 0 radical (unpaired) electrons. The molecule has 0 spiro atoms. The summed E-state index contributed by atoms with van der Waals surface area (Å²) in [6.45, 7) is 3.52. The number of ether oxygens (including phenoxy) is 1. The van der Waals surface area contributed by atoms with E-state index >= 15 is 0 Å². The number of nitrogens with zero attached hydrogens (tertiary/aromatic N) is 2. The fourth-order valence-corrected chi connectivity index (χ4v) is 4.36. The van der Waals surface area contributed by atoms with Crippen molar-refractivity contribution in [2.75, 3.05) is 30.8 Å². The van der Waals surface area contributed by atoms with Crippen molar-refractivity contribution in [1.29, 1.82) is 0 Å². The van der Waals surface area contributed by atoms with Gasteiger partial charge in [0.1, 0.15) is 18.3 Å². The maximum Gasteiger partial charge on any atom is 0.244 e. The number of sulfonamides is 1. The molecule has 0 aliphatic heterocycles. The summed E-state index contributed by atoms with van der Waals surface area (Å²) in [5, 5.41) is 3.59. The summed E-state index contributed by atoms with van der Waals surface area (Å²) in [6, 6.07) is 10.5. The second kappa shape index (κ2) is 12.3. The van der Waals surface area contributed by atoms with Crippen molar-refractivity contribution in [2.45, 2.75) is 32.9 Å². The highest BCUT2D eigenvalue weighted by Crippen LogP contribution is 2.33. The summed E-state index contributed by atoms with van der Waals surface area (Å²) in [4.78, 5) is 27.5. The van der Waals surface area contributed by atoms with E-state index in [1.165, 1.54) is 24.1 Å². The first-order chi connectivity index (χ1) is 16.0. The molecule has 2 aromatic carbocycles. The number of halogens is 2. The van der Waals surface area contributed by atoms with E-state index in [1.54, 1.807) is 37.3 Å². The van der Waals surface area contributed by atoms with Crippen molar-refractivity contribution < 1.29 is 22.7 Å². The van der Waals surface area contributed by atoms with Crippen LogP contribution in [0.15, 0.2) is 42.5 Å². The zero-order valence-corrected chi connectivity index (χ0v) is 21.9. The monoisotopic (exact) mass is 529 g/mol. The van der Waals surface area contributed by atoms with Gasteiger partial charge in [-0.25, -0.2) is 8.42 Å². The molecule has 0 aliphatic carbocycles. The summed E-state index contributed by atoms with van der Waals surface area (Å²) in [7, 11) is -2.51. The first-order valence-corrected chi connectivity index (χ1v) is 13.2. The van der Waals surface area contributed by atoms with Crippen molar-refractivity contribution in [3.05, 3.63) is 58.1 Å². The van der Waals surface area contributed by atoms with E-state index in [4.69, 9.17) is 27.9 Å². The number of nitrogens with one attached hydrogen (secondary N) is 1. The van der Waals surface area contributed by atoms with Crippen LogP contribution in [0.4, 0.5) is 5.69 Å². The molecule has 0 fully saturated rings. The van der Waals surface area contributed by atoms with Gasteiger partial charge in [-0.15, -0.1) is 0 Å². The van der Waals surface area contributed by atoms with Crippen molar-refractivity contribution in [3.8, 4) is 5.75 Å². The topological polar surface area (TPSA) is 96.0 Å². The normalized spacial score (nSPS) is 12.1. The average molecular weight is 530 g/mol. The van der Waals surface area contributed by atoms with Gasteiger partial charge in [0.25, 0.3) is 0 Å². The van der Waals surface area contributed by atoms with Gasteiger partial charge < -0.3 is 15.0 Å². The molecule has 186 valence electrons. The SMILES string of the molecule is CCCNC(=O)[C@H](C)N(Cc1ccc(Cl)cc1)C(=O)CN(c1cc(Cl)ccc1OC)S(C)(=O)=O. The molecule has 8 nitrogen and oxygen atoms in total. The van der Waals surface area contributed by atoms with Gasteiger partial charge in [-0.3, -0.25) is 13.9 Å². The van der Waals surface area contributed by atoms with Gasteiger partial charge >= 0.3 is 0 Å². The predicted octanol–water partition coefficient (Wildman–Crippen LogP) is 3.71. The molecule has 0 heterocycles. The van der Waals surface area contributed by atoms with Gasteiger partial charge in [0.05, 0.1) is 19.1 Å². The van der Waals surface area contributed by atoms with Gasteiger partial charge in [-0.1, -0.05) is 42.3 Å². The maximum atomic E-state index is 13.5. The molecule has 11 heteroatoms. The predicted molar refractivity (Wildman–Crippen MR) is 135 cm³/mol. The molecular formula is C23H29Cl2N3O5S. The molecule has 0 bridgehead atoms. The minimum absolute atomic E-state index is 0.0843. The molecule has 34 heavy (non-hydrogen) atoms. The average Bonchev–Trinajstić information content (AvgIpc) is 2.79. The minimum atomic E-state index is -3.91. The maximum absolute atomic E-state index is 13.5. The van der Waals surface area contributed by atoms with Crippen LogP contribution in [0.2, 0.25) is 10.0 Å². The summed E-state index contributed by atoms with van der Waals surface area (Å²) in [6.07, 6.45) is 1.72. The number of carbonyl (C=O) groups excluding carboxylic acids is 2. The number of benzene rings is 2. The quantitative estimate of drug-likeness (QED) is 0.478. The lowest BCUT2D eigenvalue weighted by Gasteiger charge is -2.32. The Balaban J connectivity index is 2.43. The van der Waals surface area contributed by atoms with Crippen LogP contribution >= 0.6 is 23.2 Å². The minimum Gasteiger partial charge on any atom is -0.495 e. The smallest absolute Gasteiger partial charge is 0.244 e. The molecule has 0 saturated heterocycles. The molecule has 1 atom stereocenters. The Morgan fingerprint density at radius 1 is 1.09 bits per heavy atom. The number of rotatable bonds is 11. The molecule has 2 amide bonds. The van der Waals surface area contributed by atoms with Crippen LogP contribution in [0, 0.1) is 0 Å². The third kappa shape index (κ3) is 7.51. The van der Waals surface area contributed by atoms with Gasteiger partial charge in [0.2, 0.25) is 21.8 Å². The highest BCUT2D eigenvalue weighted by Gasteiger charge is 2.31. The van der Waals surface area contributed by atoms with E-state index in [9.17, 15) is 18.0 Å². The van der Waals surface area contributed by atoms with E-state index in [-0.39, 0.29) is 28.9 Å². The van der Waals surface area contributed by atoms with Gasteiger partial charge in [0.15, 0.2) is 0 Å². The van der Waals surface area contributed by atoms with Crippen molar-refractivity contribution in [3.63, 3.8) is 0 Å². The summed E-state index contributed by atoms with van der Waals surface area (Å²) in [5.41, 5.74) is 0.861. The summed E-state index contributed by atoms with van der Waals surface area (Å²) >= 11 is 12.1. The summed E-state index contributed by atoms with van der Waals surface area (Å²) in [5.74, 6) is -0.669. The Hall–Kier alpha value is -2.49. The molecule has 2 aromatic rings. The Morgan fingerprint density at radius 3 is 2.26 bits per heavy atom. The van der Waals surface area contributed by atoms with Crippen LogP contribution in [-0.2, 0) is 26.2 Å². The van der Waals surface area contributed by atoms with E-state index in [2.05, 4.69) is 5.32 Å². The third-order valence-electron chi connectivity index (χ3n) is 5.07. The number of hydrogen-bond acceptors (Lipinski definition) is 5. The Labute approximate surface area is 210 Å². The summed E-state index contributed by atoms with van der Waals surface area (Å²) < 4.78 is 31.6. The molecular weight excluding hydrogens is 501 g/mol. The van der Waals surface area contributed by atoms with Crippen molar-refractivity contribution >= 4 is 50.7 Å². The number of anilines is 1. The molecule has 0 aliphatic rings. The number of methoxy groups -OCH3 is 1. The molecule has 0 unspecified atom stereocenters. The first-order valence-electron chi connectivity index (χ1n) is 10.6. The largest absolute Gasteiger partial charge is 0.495 e. The van der Waals surface area contributed by atoms with Crippen LogP contribution in [0.3, 0.4) is 0 Å². The van der Waals surface area contributed by atoms with E-state index in [0.717, 1.165) is 22.5 Å². The number of carbonyl (C=O) groups is 2. The van der Waals surface area contributed by atoms with Crippen molar-refractivity contribution in [2.24, 2.45) is 0 Å². The van der Waals surface area contributed by atoms with E-state index < -0.39 is 28.5 Å². The zero-order valence-electron chi connectivity index (χ0n) is 19.5. The van der Waals surface area contributed by atoms with Crippen LogP contribution in [0.25, 0.3) is 0 Å². The molecule has 1 N–H and O–H groups in total. The lowest BCUT2D eigenvalue weighted by molar-refractivity contribution is -0.139. The highest BCUT2D eigenvalue weighted by molar-refractivity contribution is 7.92. The lowest BCUT2D eigenvalue weighted by atomic mass is 10.1. The zero-order chi connectivity index (χ0) is 25.5. The van der Waals surface area contributed by atoms with Crippen LogP contribution < -0.4 is 14.4 Å². The first kappa shape index (κ1) is 27.8. The van der Waals surface area contributed by atoms with Gasteiger partial charge in [0, 0.05) is 23.1 Å². The number of amides is 2. The second-order valence-electron chi connectivity index (χ2n) is 7.70. The third-order valence-corrected chi connectivity index (χ3v) is 6.69. The fourth-order valence-electron chi connectivity index (χ4n) is 3.22. The fraction of sp³-hybridized carbons (Fsp3) is 0.391. The van der Waals surface area contributed by atoms with Gasteiger partial charge in [-0.2, -0.15) is 0 Å². The molecule has 2 rings (SSSR count). The Kier molecular flexibility index (Phi) is 10.0. The molecule has 0 saturated carbocycles. The Bertz CT molecular complexity index is 1110. The van der Waals surface area contributed by atoms with E-state index in [0.29, 0.717) is 11.6 Å². The van der Waals surface area contributed by atoms with Crippen LogP contribution in [0.1, 0.15) is 25.8 Å². The Morgan fingerprint density at radius 2 is 1.71 bits per heavy atom. The van der Waals surface area contributed by atoms with Gasteiger partial charge in [-0.05, 0) is 49.2 Å². The van der Waals surface area contributed by atoms with E-state index in [1.807, 2.05) is 6.92 Å².